The Morgan fingerprint density at radius 1 is 1.35 bits per heavy atom. The van der Waals surface area contributed by atoms with E-state index in [0.29, 0.717) is 0 Å². The van der Waals surface area contributed by atoms with Crippen molar-refractivity contribution in [2.75, 3.05) is 18.6 Å². The van der Waals surface area contributed by atoms with Crippen LogP contribution in [-0.4, -0.2) is 23.1 Å². The average Bonchev–Trinajstić information content (AvgIpc) is 2.77. The second-order valence-electron chi connectivity index (χ2n) is 5.03. The third-order valence-electron chi connectivity index (χ3n) is 3.42. The van der Waals surface area contributed by atoms with Crippen LogP contribution < -0.4 is 5.32 Å². The molecule has 20 heavy (non-hydrogen) atoms. The molecule has 0 radical (unpaired) electrons. The first-order valence-electron chi connectivity index (χ1n) is 7.23. The molecule has 0 unspecified atom stereocenters. The summed E-state index contributed by atoms with van der Waals surface area (Å²) in [6, 6.07) is 6.21. The van der Waals surface area contributed by atoms with Crippen LogP contribution in [0.1, 0.15) is 25.3 Å². The van der Waals surface area contributed by atoms with Crippen molar-refractivity contribution in [2.45, 2.75) is 32.9 Å². The Balaban J connectivity index is 2.23. The molecule has 0 aliphatic heterocycles. The van der Waals surface area contributed by atoms with E-state index < -0.39 is 0 Å². The number of aryl methyl sites for hydroxylation is 1. The normalized spacial score (nSPS) is 11.3. The van der Waals surface area contributed by atoms with Crippen LogP contribution in [-0.2, 0) is 13.1 Å². The molecule has 0 saturated heterocycles. The molecular weight excluding hydrogens is 288 g/mol. The number of aromatic nitrogens is 1. The van der Waals surface area contributed by atoms with Gasteiger partial charge in [-0.15, -0.1) is 0 Å². The van der Waals surface area contributed by atoms with Gasteiger partial charge in [0.25, 0.3) is 0 Å². The second-order valence-corrected chi connectivity index (χ2v) is 6.45. The highest BCUT2D eigenvalue weighted by molar-refractivity contribution is 7.98. The molecule has 2 nitrogen and oxygen atoms in total. The van der Waals surface area contributed by atoms with Crippen LogP contribution in [0.5, 0.6) is 0 Å². The number of hydrogen-bond donors (Lipinski definition) is 1. The molecule has 1 aromatic heterocycles. The van der Waals surface area contributed by atoms with E-state index in [2.05, 4.69) is 41.4 Å². The van der Waals surface area contributed by atoms with Crippen molar-refractivity contribution in [1.29, 1.82) is 0 Å². The topological polar surface area (TPSA) is 17.0 Å². The van der Waals surface area contributed by atoms with Crippen molar-refractivity contribution < 1.29 is 0 Å². The number of thioether (sulfide) groups is 1. The highest BCUT2D eigenvalue weighted by atomic mass is 35.5. The van der Waals surface area contributed by atoms with Crippen LogP contribution in [0.25, 0.3) is 10.9 Å². The van der Waals surface area contributed by atoms with E-state index >= 15 is 0 Å². The summed E-state index contributed by atoms with van der Waals surface area (Å²) in [6.45, 7) is 5.25. The fraction of sp³-hybridized carbons (Fsp3) is 0.500. The molecule has 1 aromatic carbocycles. The van der Waals surface area contributed by atoms with E-state index in [9.17, 15) is 0 Å². The molecule has 4 heteroatoms. The summed E-state index contributed by atoms with van der Waals surface area (Å²) in [5, 5.41) is 5.62. The van der Waals surface area contributed by atoms with Gasteiger partial charge in [-0.3, -0.25) is 0 Å². The maximum Gasteiger partial charge on any atom is 0.0498 e. The summed E-state index contributed by atoms with van der Waals surface area (Å²) < 4.78 is 2.35. The van der Waals surface area contributed by atoms with Crippen molar-refractivity contribution >= 4 is 34.3 Å². The quantitative estimate of drug-likeness (QED) is 0.721. The minimum Gasteiger partial charge on any atom is -0.347 e. The lowest BCUT2D eigenvalue weighted by Gasteiger charge is -2.04. The zero-order valence-electron chi connectivity index (χ0n) is 12.3. The third kappa shape index (κ3) is 3.94. The first-order valence-corrected chi connectivity index (χ1v) is 9.00. The summed E-state index contributed by atoms with van der Waals surface area (Å²) in [5.41, 5.74) is 2.63. The van der Waals surface area contributed by atoms with Gasteiger partial charge in [0, 0.05) is 35.2 Å². The zero-order chi connectivity index (χ0) is 14.4. The smallest absolute Gasteiger partial charge is 0.0498 e. The number of nitrogens with one attached hydrogen (secondary N) is 1. The summed E-state index contributed by atoms with van der Waals surface area (Å²) in [6.07, 6.45) is 6.80. The summed E-state index contributed by atoms with van der Waals surface area (Å²) >= 11 is 8.06. The molecule has 0 bridgehead atoms. The molecule has 0 atom stereocenters. The average molecular weight is 311 g/mol. The van der Waals surface area contributed by atoms with E-state index in [0.717, 1.165) is 31.1 Å². The second kappa shape index (κ2) is 7.96. The number of hydrogen-bond acceptors (Lipinski definition) is 2. The summed E-state index contributed by atoms with van der Waals surface area (Å²) in [7, 11) is 0. The van der Waals surface area contributed by atoms with Gasteiger partial charge >= 0.3 is 0 Å². The molecule has 1 N–H and O–H groups in total. The monoisotopic (exact) mass is 310 g/mol. The van der Waals surface area contributed by atoms with Crippen LogP contribution in [0.3, 0.4) is 0 Å². The van der Waals surface area contributed by atoms with E-state index in [1.54, 1.807) is 0 Å². The number of rotatable bonds is 8. The van der Waals surface area contributed by atoms with E-state index in [1.807, 2.05) is 17.8 Å². The molecule has 2 rings (SSSR count). The molecule has 110 valence electrons. The van der Waals surface area contributed by atoms with Crippen LogP contribution in [0.15, 0.2) is 24.4 Å². The molecule has 0 amide bonds. The summed E-state index contributed by atoms with van der Waals surface area (Å²) in [4.78, 5) is 0. The van der Waals surface area contributed by atoms with E-state index in [4.69, 9.17) is 11.6 Å². The Hall–Kier alpha value is -0.640. The highest BCUT2D eigenvalue weighted by Crippen LogP contribution is 2.25. The van der Waals surface area contributed by atoms with Crippen molar-refractivity contribution in [3.63, 3.8) is 0 Å². The minimum atomic E-state index is 0.815. The van der Waals surface area contributed by atoms with Gasteiger partial charge in [-0.05, 0) is 49.1 Å². The van der Waals surface area contributed by atoms with Crippen molar-refractivity contribution in [3.8, 4) is 0 Å². The van der Waals surface area contributed by atoms with Gasteiger partial charge in [0.05, 0.1) is 0 Å². The van der Waals surface area contributed by atoms with Crippen LogP contribution in [0.4, 0.5) is 0 Å². The number of nitrogens with zero attached hydrogens (tertiary/aromatic N) is 1. The Labute approximate surface area is 130 Å². The number of fused-ring (bicyclic) bond motifs is 1. The lowest BCUT2D eigenvalue weighted by Crippen LogP contribution is -2.13. The molecule has 0 aliphatic carbocycles. The molecule has 0 aliphatic rings. The summed E-state index contributed by atoms with van der Waals surface area (Å²) in [5.74, 6) is 1.20. The lowest BCUT2D eigenvalue weighted by molar-refractivity contribution is 0.668. The molecule has 0 fully saturated rings. The Morgan fingerprint density at radius 2 is 2.20 bits per heavy atom. The van der Waals surface area contributed by atoms with Crippen LogP contribution in [0, 0.1) is 0 Å². The molecule has 0 spiro atoms. The predicted octanol–water partition coefficient (Wildman–Crippen LogP) is 4.55. The molecule has 0 saturated carbocycles. The van der Waals surface area contributed by atoms with Gasteiger partial charge in [0.1, 0.15) is 0 Å². The fourth-order valence-corrected chi connectivity index (χ4v) is 3.03. The van der Waals surface area contributed by atoms with E-state index in [-0.39, 0.29) is 0 Å². The Bertz CT molecular complexity index is 551. The maximum absolute atomic E-state index is 6.15. The fourth-order valence-electron chi connectivity index (χ4n) is 2.45. The first-order chi connectivity index (χ1) is 9.76. The maximum atomic E-state index is 6.15. The van der Waals surface area contributed by atoms with Gasteiger partial charge in [-0.1, -0.05) is 24.6 Å². The van der Waals surface area contributed by atoms with Gasteiger partial charge in [0.2, 0.25) is 0 Å². The minimum absolute atomic E-state index is 0.815. The van der Waals surface area contributed by atoms with Crippen LogP contribution >= 0.6 is 23.4 Å². The lowest BCUT2D eigenvalue weighted by atomic mass is 10.2. The third-order valence-corrected chi connectivity index (χ3v) is 4.35. The van der Waals surface area contributed by atoms with Gasteiger partial charge in [-0.25, -0.2) is 0 Å². The molecule has 2 aromatic rings. The van der Waals surface area contributed by atoms with Crippen molar-refractivity contribution in [1.82, 2.24) is 9.88 Å². The Morgan fingerprint density at radius 3 is 2.95 bits per heavy atom. The highest BCUT2D eigenvalue weighted by Gasteiger charge is 2.08. The number of halogens is 1. The molecular formula is C16H23ClN2S. The first kappa shape index (κ1) is 15.7. The van der Waals surface area contributed by atoms with Crippen molar-refractivity contribution in [3.05, 3.63) is 35.0 Å². The van der Waals surface area contributed by atoms with E-state index in [1.165, 1.54) is 28.6 Å². The van der Waals surface area contributed by atoms with Crippen LogP contribution in [0.2, 0.25) is 5.02 Å². The molecule has 1 heterocycles. The van der Waals surface area contributed by atoms with Crippen molar-refractivity contribution in [2.24, 2.45) is 0 Å². The SMILES string of the molecule is CCCNCc1cn(CCCSC)c2cc(Cl)ccc12. The zero-order valence-corrected chi connectivity index (χ0v) is 13.9. The predicted molar refractivity (Wildman–Crippen MR) is 91.9 cm³/mol. The van der Waals surface area contributed by atoms with Gasteiger partial charge in [-0.2, -0.15) is 11.8 Å². The van der Waals surface area contributed by atoms with Gasteiger partial charge in [0.15, 0.2) is 0 Å². The standard InChI is InChI=1S/C16H23ClN2S/c1-3-7-18-11-13-12-19(8-4-9-20-2)16-10-14(17)5-6-15(13)16/h5-6,10,12,18H,3-4,7-9,11H2,1-2H3. The Kier molecular flexibility index (Phi) is 6.27. The van der Waals surface area contributed by atoms with Gasteiger partial charge < -0.3 is 9.88 Å². The largest absolute Gasteiger partial charge is 0.347 e. The number of benzene rings is 1.